The van der Waals surface area contributed by atoms with Gasteiger partial charge in [-0.25, -0.2) is 4.98 Å². The van der Waals surface area contributed by atoms with Gasteiger partial charge in [0.2, 0.25) is 5.88 Å². The molecule has 76 valence electrons. The fourth-order valence-corrected chi connectivity index (χ4v) is 4.22. The summed E-state index contributed by atoms with van der Waals surface area (Å²) in [5.41, 5.74) is 1.35. The quantitative estimate of drug-likeness (QED) is 0.639. The molecule has 0 aromatic carbocycles. The summed E-state index contributed by atoms with van der Waals surface area (Å²) in [4.78, 5) is 4.22. The Morgan fingerprint density at radius 2 is 2.13 bits per heavy atom. The molecule has 0 atom stereocenters. The van der Waals surface area contributed by atoms with Crippen LogP contribution >= 0.6 is 22.7 Å². The molecule has 0 fully saturated rings. The molecule has 0 saturated carbocycles. The van der Waals surface area contributed by atoms with Crippen LogP contribution in [0.25, 0.3) is 19.5 Å². The Morgan fingerprint density at radius 3 is 2.93 bits per heavy atom. The molecular formula is C11H9NOS2. The molecule has 2 nitrogen and oxygen atoms in total. The second-order valence-electron chi connectivity index (χ2n) is 3.38. The molecule has 0 radical (unpaired) electrons. The van der Waals surface area contributed by atoms with E-state index in [0.717, 1.165) is 10.6 Å². The van der Waals surface area contributed by atoms with Crippen molar-refractivity contribution in [1.82, 2.24) is 4.98 Å². The van der Waals surface area contributed by atoms with Gasteiger partial charge in [0.05, 0.1) is 16.5 Å². The van der Waals surface area contributed by atoms with Gasteiger partial charge in [0.15, 0.2) is 0 Å². The third-order valence-corrected chi connectivity index (χ3v) is 5.02. The molecule has 0 bridgehead atoms. The van der Waals surface area contributed by atoms with Crippen LogP contribution < -0.4 is 4.74 Å². The molecule has 0 aliphatic heterocycles. The SMILES string of the molecule is COc1nccc2c1sc1c(C)csc12. The zero-order chi connectivity index (χ0) is 10.4. The molecule has 0 aliphatic rings. The molecule has 15 heavy (non-hydrogen) atoms. The van der Waals surface area contributed by atoms with Crippen LogP contribution in [-0.4, -0.2) is 12.1 Å². The fourth-order valence-electron chi connectivity index (χ4n) is 1.70. The summed E-state index contributed by atoms with van der Waals surface area (Å²) in [7, 11) is 1.67. The Morgan fingerprint density at radius 1 is 1.27 bits per heavy atom. The lowest BCUT2D eigenvalue weighted by Gasteiger charge is -1.97. The summed E-state index contributed by atoms with van der Waals surface area (Å²) in [6.45, 7) is 2.15. The lowest BCUT2D eigenvalue weighted by Crippen LogP contribution is -1.85. The van der Waals surface area contributed by atoms with Crippen LogP contribution in [-0.2, 0) is 0 Å². The second kappa shape index (κ2) is 3.18. The number of thiophene rings is 2. The zero-order valence-corrected chi connectivity index (χ0v) is 10.0. The van der Waals surface area contributed by atoms with Gasteiger partial charge in [0.1, 0.15) is 0 Å². The Balaban J connectivity index is 2.53. The lowest BCUT2D eigenvalue weighted by atomic mass is 10.3. The highest BCUT2D eigenvalue weighted by Crippen LogP contribution is 2.42. The van der Waals surface area contributed by atoms with Gasteiger partial charge >= 0.3 is 0 Å². The van der Waals surface area contributed by atoms with E-state index in [1.807, 2.05) is 6.20 Å². The van der Waals surface area contributed by atoms with Crippen molar-refractivity contribution in [2.45, 2.75) is 6.92 Å². The van der Waals surface area contributed by atoms with E-state index < -0.39 is 0 Å². The monoisotopic (exact) mass is 235 g/mol. The first-order valence-electron chi connectivity index (χ1n) is 4.60. The van der Waals surface area contributed by atoms with Gasteiger partial charge in [0.25, 0.3) is 0 Å². The van der Waals surface area contributed by atoms with Gasteiger partial charge < -0.3 is 4.74 Å². The largest absolute Gasteiger partial charge is 0.480 e. The standard InChI is InChI=1S/C11H9NOS2/c1-6-5-14-9-7-3-4-12-11(13-2)10(7)15-8(6)9/h3-5H,1-2H3. The Hall–Kier alpha value is -1.13. The van der Waals surface area contributed by atoms with Crippen molar-refractivity contribution in [2.24, 2.45) is 0 Å². The van der Waals surface area contributed by atoms with Crippen LogP contribution in [0.4, 0.5) is 0 Å². The van der Waals surface area contributed by atoms with E-state index in [1.54, 1.807) is 29.8 Å². The lowest BCUT2D eigenvalue weighted by molar-refractivity contribution is 0.404. The average molecular weight is 235 g/mol. The van der Waals surface area contributed by atoms with Gasteiger partial charge in [-0.3, -0.25) is 0 Å². The highest BCUT2D eigenvalue weighted by atomic mass is 32.1. The number of hydrogen-bond donors (Lipinski definition) is 0. The number of aromatic nitrogens is 1. The average Bonchev–Trinajstić information content (AvgIpc) is 2.79. The van der Waals surface area contributed by atoms with Crippen molar-refractivity contribution in [3.8, 4) is 5.88 Å². The first-order valence-corrected chi connectivity index (χ1v) is 6.30. The maximum atomic E-state index is 5.27. The molecule has 0 saturated heterocycles. The van der Waals surface area contributed by atoms with Gasteiger partial charge in [-0.05, 0) is 23.9 Å². The number of aryl methyl sites for hydroxylation is 1. The van der Waals surface area contributed by atoms with Crippen molar-refractivity contribution in [1.29, 1.82) is 0 Å². The third kappa shape index (κ3) is 1.18. The third-order valence-electron chi connectivity index (χ3n) is 2.43. The maximum Gasteiger partial charge on any atom is 0.231 e. The van der Waals surface area contributed by atoms with E-state index >= 15 is 0 Å². The number of rotatable bonds is 1. The van der Waals surface area contributed by atoms with Crippen LogP contribution in [0.5, 0.6) is 5.88 Å². The Kier molecular flexibility index (Phi) is 1.94. The predicted molar refractivity (Wildman–Crippen MR) is 66.3 cm³/mol. The predicted octanol–water partition coefficient (Wildman–Crippen LogP) is 3.83. The number of ether oxygens (including phenoxy) is 1. The maximum absolute atomic E-state index is 5.27. The topological polar surface area (TPSA) is 22.1 Å². The molecule has 4 heteroatoms. The van der Waals surface area contributed by atoms with Gasteiger partial charge in [0, 0.05) is 16.3 Å². The Bertz CT molecular complexity index is 638. The smallest absolute Gasteiger partial charge is 0.231 e. The number of fused-ring (bicyclic) bond motifs is 3. The second-order valence-corrected chi connectivity index (χ2v) is 5.28. The number of nitrogens with zero attached hydrogens (tertiary/aromatic N) is 1. The van der Waals surface area contributed by atoms with E-state index in [2.05, 4.69) is 23.4 Å². The number of methoxy groups -OCH3 is 1. The molecule has 3 aromatic rings. The Labute approximate surface area is 95.1 Å². The first-order chi connectivity index (χ1) is 7.31. The van der Waals surface area contributed by atoms with Crippen LogP contribution in [0, 0.1) is 6.92 Å². The molecule has 0 amide bonds. The van der Waals surface area contributed by atoms with E-state index in [4.69, 9.17) is 4.74 Å². The van der Waals surface area contributed by atoms with E-state index in [-0.39, 0.29) is 0 Å². The van der Waals surface area contributed by atoms with Crippen LogP contribution in [0.1, 0.15) is 5.56 Å². The van der Waals surface area contributed by atoms with Crippen molar-refractivity contribution in [2.75, 3.05) is 7.11 Å². The number of hydrogen-bond acceptors (Lipinski definition) is 4. The fraction of sp³-hybridized carbons (Fsp3) is 0.182. The van der Waals surface area contributed by atoms with Crippen LogP contribution in [0.3, 0.4) is 0 Å². The van der Waals surface area contributed by atoms with Gasteiger partial charge in [-0.2, -0.15) is 0 Å². The van der Waals surface area contributed by atoms with Crippen molar-refractivity contribution < 1.29 is 4.74 Å². The molecule has 0 aliphatic carbocycles. The molecule has 3 heterocycles. The van der Waals surface area contributed by atoms with E-state index in [1.165, 1.54) is 20.3 Å². The van der Waals surface area contributed by atoms with Crippen molar-refractivity contribution >= 4 is 42.2 Å². The van der Waals surface area contributed by atoms with Gasteiger partial charge in [-0.1, -0.05) is 0 Å². The van der Waals surface area contributed by atoms with Crippen molar-refractivity contribution in [3.05, 3.63) is 23.2 Å². The minimum absolute atomic E-state index is 0.736. The summed E-state index contributed by atoms with van der Waals surface area (Å²) in [6.07, 6.45) is 1.81. The minimum atomic E-state index is 0.736. The molecule has 0 N–H and O–H groups in total. The van der Waals surface area contributed by atoms with Crippen molar-refractivity contribution in [3.63, 3.8) is 0 Å². The molecular weight excluding hydrogens is 226 g/mol. The summed E-state index contributed by atoms with van der Waals surface area (Å²) < 4.78 is 9.14. The summed E-state index contributed by atoms with van der Waals surface area (Å²) in [5, 5.41) is 3.47. The molecule has 3 rings (SSSR count). The molecule has 0 spiro atoms. The molecule has 3 aromatic heterocycles. The number of pyridine rings is 1. The normalized spacial score (nSPS) is 11.3. The van der Waals surface area contributed by atoms with E-state index in [0.29, 0.717) is 0 Å². The first kappa shape index (κ1) is 9.12. The van der Waals surface area contributed by atoms with Gasteiger partial charge in [-0.15, -0.1) is 22.7 Å². The highest BCUT2D eigenvalue weighted by Gasteiger charge is 2.12. The summed E-state index contributed by atoms with van der Waals surface area (Å²) >= 11 is 3.57. The van der Waals surface area contributed by atoms with E-state index in [9.17, 15) is 0 Å². The summed E-state index contributed by atoms with van der Waals surface area (Å²) in [6, 6.07) is 2.06. The zero-order valence-electron chi connectivity index (χ0n) is 8.40. The minimum Gasteiger partial charge on any atom is -0.480 e. The van der Waals surface area contributed by atoms with Crippen LogP contribution in [0.15, 0.2) is 17.6 Å². The summed E-state index contributed by atoms with van der Waals surface area (Å²) in [5.74, 6) is 0.736. The highest BCUT2D eigenvalue weighted by molar-refractivity contribution is 7.32. The van der Waals surface area contributed by atoms with Crippen LogP contribution in [0.2, 0.25) is 0 Å². The molecule has 0 unspecified atom stereocenters.